The van der Waals surface area contributed by atoms with Crippen molar-refractivity contribution in [3.05, 3.63) is 35.3 Å². The van der Waals surface area contributed by atoms with Crippen LogP contribution in [0.1, 0.15) is 24.6 Å². The summed E-state index contributed by atoms with van der Waals surface area (Å²) in [5, 5.41) is 0.656. The maximum Gasteiger partial charge on any atom is 0.310 e. The third-order valence-corrected chi connectivity index (χ3v) is 4.90. The van der Waals surface area contributed by atoms with Crippen LogP contribution in [-0.4, -0.2) is 37.9 Å². The summed E-state index contributed by atoms with van der Waals surface area (Å²) >= 11 is 0. The minimum atomic E-state index is -3.59. The lowest BCUT2D eigenvalue weighted by Gasteiger charge is -2.25. The summed E-state index contributed by atoms with van der Waals surface area (Å²) in [4.78, 5) is 11.9. The molecule has 1 aliphatic heterocycles. The van der Waals surface area contributed by atoms with Gasteiger partial charge in [0.05, 0.1) is 37.4 Å². The molecule has 0 saturated carbocycles. The Labute approximate surface area is 145 Å². The van der Waals surface area contributed by atoms with Gasteiger partial charge in [-0.05, 0) is 31.4 Å². The first-order valence-corrected chi connectivity index (χ1v) is 9.94. The number of para-hydroxylation sites is 1. The highest BCUT2D eigenvalue weighted by Gasteiger charge is 2.29. The van der Waals surface area contributed by atoms with Crippen molar-refractivity contribution in [2.75, 3.05) is 12.9 Å². The molecule has 0 bridgehead atoms. The second-order valence-electron chi connectivity index (χ2n) is 6.11. The van der Waals surface area contributed by atoms with E-state index in [1.54, 1.807) is 23.6 Å². The fourth-order valence-corrected chi connectivity index (χ4v) is 4.10. The van der Waals surface area contributed by atoms with Gasteiger partial charge in [0.1, 0.15) is 5.82 Å². The molecule has 2 aromatic rings. The van der Waals surface area contributed by atoms with Crippen molar-refractivity contribution >= 4 is 27.0 Å². The molecule has 6 nitrogen and oxygen atoms in total. The number of carbonyl (C=O) groups is 1. The maximum absolute atomic E-state index is 14.4. The van der Waals surface area contributed by atoms with Gasteiger partial charge < -0.3 is 9.30 Å². The Balaban J connectivity index is 2.05. The second-order valence-corrected chi connectivity index (χ2v) is 7.72. The molecule has 8 heteroatoms. The average molecular weight is 369 g/mol. The predicted molar refractivity (Wildman–Crippen MR) is 90.3 cm³/mol. The molecule has 1 aromatic carbocycles. The van der Waals surface area contributed by atoms with Gasteiger partial charge in [-0.1, -0.05) is 12.1 Å². The molecule has 0 N–H and O–H groups in total. The summed E-state index contributed by atoms with van der Waals surface area (Å²) in [5.74, 6) is -0.773. The third-order valence-electron chi connectivity index (χ3n) is 4.28. The maximum atomic E-state index is 14.4. The number of halogens is 1. The topological polar surface area (TPSA) is 74.6 Å². The van der Waals surface area contributed by atoms with E-state index in [2.05, 4.69) is 0 Å². The Kier molecular flexibility index (Phi) is 4.83. The Morgan fingerprint density at radius 1 is 1.40 bits per heavy atom. The van der Waals surface area contributed by atoms with Crippen molar-refractivity contribution in [3.63, 3.8) is 0 Å². The monoisotopic (exact) mass is 369 g/mol. The molecule has 0 amide bonds. The predicted octanol–water partition coefficient (Wildman–Crippen LogP) is 2.18. The molecule has 25 heavy (non-hydrogen) atoms. The normalized spacial score (nSPS) is 17.5. The van der Waals surface area contributed by atoms with Gasteiger partial charge in [-0.2, -0.15) is 8.42 Å². The average Bonchev–Trinajstić information content (AvgIpc) is 2.81. The van der Waals surface area contributed by atoms with E-state index in [4.69, 9.17) is 8.92 Å². The number of hydrogen-bond donors (Lipinski definition) is 0. The Morgan fingerprint density at radius 3 is 2.84 bits per heavy atom. The van der Waals surface area contributed by atoms with Crippen LogP contribution in [0.5, 0.6) is 0 Å². The van der Waals surface area contributed by atoms with Crippen LogP contribution in [0.2, 0.25) is 0 Å². The number of fused-ring (bicyclic) bond motifs is 3. The lowest BCUT2D eigenvalue weighted by atomic mass is 10.0. The van der Waals surface area contributed by atoms with Crippen LogP contribution < -0.4 is 0 Å². The first-order chi connectivity index (χ1) is 11.8. The summed E-state index contributed by atoms with van der Waals surface area (Å²) in [6.07, 6.45) is 1.51. The van der Waals surface area contributed by atoms with Crippen molar-refractivity contribution in [3.8, 4) is 0 Å². The van der Waals surface area contributed by atoms with Crippen molar-refractivity contribution in [1.82, 2.24) is 4.57 Å². The van der Waals surface area contributed by atoms with E-state index in [0.717, 1.165) is 17.5 Å². The molecule has 0 saturated heterocycles. The Morgan fingerprint density at radius 2 is 2.16 bits per heavy atom. The Bertz CT molecular complexity index is 919. The Hall–Kier alpha value is -1.93. The first kappa shape index (κ1) is 17.9. The first-order valence-electron chi connectivity index (χ1n) is 8.12. The van der Waals surface area contributed by atoms with Crippen LogP contribution in [0.15, 0.2) is 18.2 Å². The smallest absolute Gasteiger partial charge is 0.310 e. The van der Waals surface area contributed by atoms with E-state index in [0.29, 0.717) is 23.7 Å². The molecule has 0 aliphatic carbocycles. The number of ether oxygens (including phenoxy) is 1. The van der Waals surface area contributed by atoms with E-state index in [-0.39, 0.29) is 25.5 Å². The lowest BCUT2D eigenvalue weighted by molar-refractivity contribution is -0.142. The molecule has 1 unspecified atom stereocenters. The quantitative estimate of drug-likeness (QED) is 0.597. The van der Waals surface area contributed by atoms with Gasteiger partial charge in [-0.25, -0.2) is 4.39 Å². The number of aromatic nitrogens is 1. The van der Waals surface area contributed by atoms with Gasteiger partial charge in [0.25, 0.3) is 10.1 Å². The van der Waals surface area contributed by atoms with E-state index >= 15 is 0 Å². The van der Waals surface area contributed by atoms with Gasteiger partial charge in [0.2, 0.25) is 0 Å². The number of hydrogen-bond acceptors (Lipinski definition) is 5. The highest BCUT2D eigenvalue weighted by atomic mass is 32.2. The molecule has 0 radical (unpaired) electrons. The van der Waals surface area contributed by atoms with Crippen molar-refractivity contribution < 1.29 is 26.5 Å². The third kappa shape index (κ3) is 3.69. The minimum Gasteiger partial charge on any atom is -0.466 e. The van der Waals surface area contributed by atoms with Crippen LogP contribution in [0.3, 0.4) is 0 Å². The molecule has 1 aromatic heterocycles. The molecule has 2 heterocycles. The van der Waals surface area contributed by atoms with Gasteiger partial charge in [-0.15, -0.1) is 0 Å². The highest BCUT2D eigenvalue weighted by Crippen LogP contribution is 2.33. The summed E-state index contributed by atoms with van der Waals surface area (Å²) in [6, 6.07) is 4.72. The number of rotatable bonds is 5. The highest BCUT2D eigenvalue weighted by molar-refractivity contribution is 7.86. The van der Waals surface area contributed by atoms with E-state index in [1.807, 2.05) is 0 Å². The molecular formula is C17H20FNO5S. The van der Waals surface area contributed by atoms with Crippen LogP contribution in [0.4, 0.5) is 4.39 Å². The summed E-state index contributed by atoms with van der Waals surface area (Å²) in [5.41, 5.74) is 1.95. The SMILES string of the molecule is CCOC(=O)Cc1c2n(c3c(F)cccc13)CC(OS(C)(=O)=O)CC2. The van der Waals surface area contributed by atoms with Crippen LogP contribution in [-0.2, 0) is 43.2 Å². The molecule has 3 rings (SSSR count). The largest absolute Gasteiger partial charge is 0.466 e. The molecule has 0 fully saturated rings. The van der Waals surface area contributed by atoms with Crippen LogP contribution in [0, 0.1) is 5.82 Å². The van der Waals surface area contributed by atoms with E-state index in [9.17, 15) is 17.6 Å². The number of esters is 1. The zero-order valence-electron chi connectivity index (χ0n) is 14.1. The minimum absolute atomic E-state index is 0.0632. The standard InChI is InChI=1S/C17H20FNO5S/c1-3-23-16(20)9-13-12-5-4-6-14(18)17(12)19-10-11(7-8-15(13)19)24-25(2,21)22/h4-6,11H,3,7-10H2,1-2H3. The summed E-state index contributed by atoms with van der Waals surface area (Å²) in [6.45, 7) is 2.24. The van der Waals surface area contributed by atoms with Gasteiger partial charge in [-0.3, -0.25) is 8.98 Å². The molecule has 1 aliphatic rings. The lowest BCUT2D eigenvalue weighted by Crippen LogP contribution is -2.29. The van der Waals surface area contributed by atoms with E-state index < -0.39 is 22.0 Å². The molecule has 0 spiro atoms. The fraction of sp³-hybridized carbons (Fsp3) is 0.471. The van der Waals surface area contributed by atoms with Crippen LogP contribution >= 0.6 is 0 Å². The van der Waals surface area contributed by atoms with Gasteiger partial charge in [0, 0.05) is 11.1 Å². The number of benzene rings is 1. The molecular weight excluding hydrogens is 349 g/mol. The zero-order valence-corrected chi connectivity index (χ0v) is 14.9. The number of nitrogens with zero attached hydrogens (tertiary/aromatic N) is 1. The van der Waals surface area contributed by atoms with Gasteiger partial charge in [0.15, 0.2) is 0 Å². The van der Waals surface area contributed by atoms with Gasteiger partial charge >= 0.3 is 5.97 Å². The van der Waals surface area contributed by atoms with Crippen molar-refractivity contribution in [2.45, 2.75) is 38.8 Å². The summed E-state index contributed by atoms with van der Waals surface area (Å²) in [7, 11) is -3.59. The van der Waals surface area contributed by atoms with Crippen molar-refractivity contribution in [1.29, 1.82) is 0 Å². The van der Waals surface area contributed by atoms with Crippen LogP contribution in [0.25, 0.3) is 10.9 Å². The molecule has 1 atom stereocenters. The van der Waals surface area contributed by atoms with Crippen molar-refractivity contribution in [2.24, 2.45) is 0 Å². The molecule has 136 valence electrons. The fourth-order valence-electron chi connectivity index (χ4n) is 3.45. The zero-order chi connectivity index (χ0) is 18.2. The van der Waals surface area contributed by atoms with E-state index in [1.165, 1.54) is 6.07 Å². The second kappa shape index (κ2) is 6.76. The summed E-state index contributed by atoms with van der Waals surface area (Å²) < 4.78 is 49.1. The number of carbonyl (C=O) groups excluding carboxylic acids is 1.